The van der Waals surface area contributed by atoms with E-state index in [1.807, 2.05) is 13.8 Å². The summed E-state index contributed by atoms with van der Waals surface area (Å²) in [5.41, 5.74) is 1.06. The summed E-state index contributed by atoms with van der Waals surface area (Å²) in [6.07, 6.45) is 5.94. The van der Waals surface area contributed by atoms with Gasteiger partial charge in [-0.05, 0) is 57.1 Å². The Morgan fingerprint density at radius 3 is 2.71 bits per heavy atom. The zero-order valence-electron chi connectivity index (χ0n) is 16.2. The van der Waals surface area contributed by atoms with Crippen molar-refractivity contribution < 1.29 is 12.8 Å². The Kier molecular flexibility index (Phi) is 7.00. The lowest BCUT2D eigenvalue weighted by atomic mass is 9.86. The van der Waals surface area contributed by atoms with Crippen molar-refractivity contribution >= 4 is 26.5 Å². The second kappa shape index (κ2) is 9.28. The molecule has 2 aromatic heterocycles. The molecule has 6 nitrogen and oxygen atoms in total. The maximum atomic E-state index is 14.0. The number of anilines is 1. The molecule has 2 heterocycles. The summed E-state index contributed by atoms with van der Waals surface area (Å²) in [6, 6.07) is 3.71. The number of rotatable bonds is 8. The summed E-state index contributed by atoms with van der Waals surface area (Å²) in [5, 5.41) is 4.26. The lowest BCUT2D eigenvalue weighted by molar-refractivity contribution is 0.337. The fourth-order valence-electron chi connectivity index (χ4n) is 3.54. The van der Waals surface area contributed by atoms with Crippen LogP contribution in [0.3, 0.4) is 0 Å². The molecule has 0 atom stereocenters. The number of hydrogen-bond donors (Lipinski definition) is 2. The SMILES string of the molecule is CCCS(=O)(=O)NCC1CCC(Nc2nc(-c3cccnc3F)c(C)s2)CC1. The lowest BCUT2D eigenvalue weighted by Gasteiger charge is -2.29. The molecule has 0 bridgehead atoms. The molecule has 0 radical (unpaired) electrons. The molecule has 3 rings (SSSR count). The fourth-order valence-corrected chi connectivity index (χ4v) is 5.62. The maximum Gasteiger partial charge on any atom is 0.222 e. The van der Waals surface area contributed by atoms with Crippen molar-refractivity contribution in [3.63, 3.8) is 0 Å². The van der Waals surface area contributed by atoms with Crippen LogP contribution in [0.25, 0.3) is 11.3 Å². The lowest BCUT2D eigenvalue weighted by Crippen LogP contribution is -2.34. The third kappa shape index (κ3) is 5.48. The minimum atomic E-state index is -3.13. The van der Waals surface area contributed by atoms with Gasteiger partial charge >= 0.3 is 0 Å². The maximum absolute atomic E-state index is 14.0. The molecule has 0 spiro atoms. The standard InChI is InChI=1S/C19H27FN4O2S2/c1-3-11-28(25,26)22-12-14-6-8-15(9-7-14)23-19-24-17(13(2)27-19)16-5-4-10-21-18(16)20/h4-5,10,14-15,22H,3,6-9,11-12H2,1-2H3,(H,23,24). The summed E-state index contributed by atoms with van der Waals surface area (Å²) in [7, 11) is -3.13. The van der Waals surface area contributed by atoms with E-state index in [-0.39, 0.29) is 5.75 Å². The average molecular weight is 427 g/mol. The monoisotopic (exact) mass is 426 g/mol. The van der Waals surface area contributed by atoms with Crippen LogP contribution in [-0.2, 0) is 10.0 Å². The second-order valence-electron chi connectivity index (χ2n) is 7.29. The van der Waals surface area contributed by atoms with Gasteiger partial charge in [0.05, 0.1) is 17.0 Å². The van der Waals surface area contributed by atoms with Crippen molar-refractivity contribution in [2.75, 3.05) is 17.6 Å². The summed E-state index contributed by atoms with van der Waals surface area (Å²) in [5.74, 6) is 0.0592. The highest BCUT2D eigenvalue weighted by atomic mass is 32.2. The molecular weight excluding hydrogens is 399 g/mol. The van der Waals surface area contributed by atoms with Crippen LogP contribution in [0.5, 0.6) is 0 Å². The number of pyridine rings is 1. The molecule has 1 fully saturated rings. The molecule has 28 heavy (non-hydrogen) atoms. The Balaban J connectivity index is 1.53. The van der Waals surface area contributed by atoms with Crippen LogP contribution in [0.2, 0.25) is 0 Å². The van der Waals surface area contributed by atoms with Gasteiger partial charge in [-0.25, -0.2) is 23.1 Å². The van der Waals surface area contributed by atoms with E-state index in [1.54, 1.807) is 12.1 Å². The number of aryl methyl sites for hydroxylation is 1. The zero-order valence-corrected chi connectivity index (χ0v) is 17.9. The Morgan fingerprint density at radius 2 is 2.04 bits per heavy atom. The minimum absolute atomic E-state index is 0.188. The number of sulfonamides is 1. The molecule has 2 N–H and O–H groups in total. The van der Waals surface area contributed by atoms with Crippen LogP contribution in [-0.4, -0.2) is 36.7 Å². The Hall–Kier alpha value is -1.58. The van der Waals surface area contributed by atoms with Gasteiger partial charge in [-0.2, -0.15) is 4.39 Å². The average Bonchev–Trinajstić information content (AvgIpc) is 3.01. The fraction of sp³-hybridized carbons (Fsp3) is 0.579. The molecule has 0 aromatic carbocycles. The van der Waals surface area contributed by atoms with Crippen molar-refractivity contribution in [2.45, 2.75) is 52.0 Å². The van der Waals surface area contributed by atoms with Crippen LogP contribution in [0.4, 0.5) is 9.52 Å². The third-order valence-electron chi connectivity index (χ3n) is 5.05. The Bertz CT molecular complexity index is 893. The first-order chi connectivity index (χ1) is 13.4. The minimum Gasteiger partial charge on any atom is -0.359 e. The van der Waals surface area contributed by atoms with Crippen molar-refractivity contribution in [3.8, 4) is 11.3 Å². The quantitative estimate of drug-likeness (QED) is 0.625. The molecule has 1 aliphatic carbocycles. The number of thiazole rings is 1. The van der Waals surface area contributed by atoms with Crippen LogP contribution in [0, 0.1) is 18.8 Å². The third-order valence-corrected chi connectivity index (χ3v) is 7.50. The van der Waals surface area contributed by atoms with E-state index >= 15 is 0 Å². The Labute approximate surface area is 170 Å². The first kappa shape index (κ1) is 21.1. The van der Waals surface area contributed by atoms with Crippen molar-refractivity contribution in [1.29, 1.82) is 0 Å². The Morgan fingerprint density at radius 1 is 1.29 bits per heavy atom. The number of halogens is 1. The number of nitrogens with zero attached hydrogens (tertiary/aromatic N) is 2. The van der Waals surface area contributed by atoms with Crippen LogP contribution in [0.15, 0.2) is 18.3 Å². The largest absolute Gasteiger partial charge is 0.359 e. The van der Waals surface area contributed by atoms with Crippen LogP contribution < -0.4 is 10.0 Å². The zero-order chi connectivity index (χ0) is 20.1. The topological polar surface area (TPSA) is 84.0 Å². The predicted octanol–water partition coefficient (Wildman–Crippen LogP) is 3.95. The number of aromatic nitrogens is 2. The van der Waals surface area contributed by atoms with Gasteiger partial charge in [0.1, 0.15) is 0 Å². The van der Waals surface area contributed by atoms with E-state index in [2.05, 4.69) is 20.0 Å². The summed E-state index contributed by atoms with van der Waals surface area (Å²) < 4.78 is 40.3. The number of nitrogens with one attached hydrogen (secondary N) is 2. The molecule has 0 amide bonds. The van der Waals surface area contributed by atoms with E-state index < -0.39 is 16.0 Å². The predicted molar refractivity (Wildman–Crippen MR) is 111 cm³/mol. The highest BCUT2D eigenvalue weighted by molar-refractivity contribution is 7.89. The van der Waals surface area contributed by atoms with Crippen LogP contribution in [0.1, 0.15) is 43.9 Å². The molecular formula is C19H27FN4O2S2. The molecule has 0 unspecified atom stereocenters. The second-order valence-corrected chi connectivity index (χ2v) is 10.4. The van der Waals surface area contributed by atoms with Crippen LogP contribution >= 0.6 is 11.3 Å². The van der Waals surface area contributed by atoms with E-state index in [9.17, 15) is 12.8 Å². The summed E-state index contributed by atoms with van der Waals surface area (Å²) >= 11 is 1.52. The van der Waals surface area contributed by atoms with Gasteiger partial charge in [0, 0.05) is 23.7 Å². The van der Waals surface area contributed by atoms with E-state index in [0.29, 0.717) is 36.2 Å². The smallest absolute Gasteiger partial charge is 0.222 e. The molecule has 1 saturated carbocycles. The van der Waals surface area contributed by atoms with Gasteiger partial charge in [0.25, 0.3) is 0 Å². The highest BCUT2D eigenvalue weighted by Gasteiger charge is 2.24. The van der Waals surface area contributed by atoms with Gasteiger partial charge in [-0.15, -0.1) is 11.3 Å². The molecule has 9 heteroatoms. The summed E-state index contributed by atoms with van der Waals surface area (Å²) in [6.45, 7) is 4.32. The molecule has 0 saturated heterocycles. The van der Waals surface area contributed by atoms with Crippen molar-refractivity contribution in [2.24, 2.45) is 5.92 Å². The molecule has 0 aliphatic heterocycles. The summed E-state index contributed by atoms with van der Waals surface area (Å²) in [4.78, 5) is 9.24. The normalized spacial score (nSPS) is 20.2. The first-order valence-electron chi connectivity index (χ1n) is 9.70. The van der Waals surface area contributed by atoms with E-state index in [0.717, 1.165) is 35.7 Å². The van der Waals surface area contributed by atoms with Gasteiger partial charge < -0.3 is 5.32 Å². The first-order valence-corrected chi connectivity index (χ1v) is 12.2. The number of hydrogen-bond acceptors (Lipinski definition) is 6. The van der Waals surface area contributed by atoms with E-state index in [4.69, 9.17) is 0 Å². The van der Waals surface area contributed by atoms with Gasteiger partial charge in [-0.3, -0.25) is 0 Å². The highest BCUT2D eigenvalue weighted by Crippen LogP contribution is 2.33. The molecule has 154 valence electrons. The van der Waals surface area contributed by atoms with Gasteiger partial charge in [-0.1, -0.05) is 6.92 Å². The molecule has 1 aliphatic rings. The van der Waals surface area contributed by atoms with Crippen molar-refractivity contribution in [1.82, 2.24) is 14.7 Å². The van der Waals surface area contributed by atoms with E-state index in [1.165, 1.54) is 17.5 Å². The molecule has 2 aromatic rings. The van der Waals surface area contributed by atoms with Gasteiger partial charge in [0.2, 0.25) is 16.0 Å². The van der Waals surface area contributed by atoms with Gasteiger partial charge in [0.15, 0.2) is 5.13 Å². The van der Waals surface area contributed by atoms with Crippen molar-refractivity contribution in [3.05, 3.63) is 29.2 Å².